The number of nitrogens with zero attached hydrogens (tertiary/aromatic N) is 2. The molecule has 1 aliphatic carbocycles. The zero-order chi connectivity index (χ0) is 14.2. The van der Waals surface area contributed by atoms with Crippen LogP contribution in [0.1, 0.15) is 54.1 Å². The lowest BCUT2D eigenvalue weighted by molar-refractivity contribution is 0.0921. The largest absolute Gasteiger partial charge is 0.326 e. The van der Waals surface area contributed by atoms with Crippen LogP contribution in [0.4, 0.5) is 0 Å². The third-order valence-corrected chi connectivity index (χ3v) is 6.46. The van der Waals surface area contributed by atoms with Gasteiger partial charge in [0, 0.05) is 22.9 Å². The Kier molecular flexibility index (Phi) is 4.16. The first-order valence-electron chi connectivity index (χ1n) is 8.05. The normalized spacial score (nSPS) is 24.4. The van der Waals surface area contributed by atoms with Crippen LogP contribution in [0.15, 0.2) is 0 Å². The third kappa shape index (κ3) is 2.53. The molecule has 2 heterocycles. The van der Waals surface area contributed by atoms with Gasteiger partial charge < -0.3 is 5.73 Å². The van der Waals surface area contributed by atoms with E-state index in [2.05, 4.69) is 18.7 Å². The fraction of sp³-hybridized carbons (Fsp3) is 0.812. The molecule has 1 atom stereocenters. The van der Waals surface area contributed by atoms with Crippen LogP contribution in [0, 0.1) is 13.8 Å². The van der Waals surface area contributed by atoms with E-state index in [4.69, 9.17) is 10.7 Å². The SMILES string of the molecule is Cc1nc(CC(N)C2(N3CCCC3)CCCC2)sc1C. The van der Waals surface area contributed by atoms with Crippen LogP contribution in [0.25, 0.3) is 0 Å². The van der Waals surface area contributed by atoms with Crippen molar-refractivity contribution in [2.45, 2.75) is 70.4 Å². The van der Waals surface area contributed by atoms with E-state index >= 15 is 0 Å². The van der Waals surface area contributed by atoms with Gasteiger partial charge in [0.1, 0.15) is 0 Å². The van der Waals surface area contributed by atoms with E-state index in [1.807, 2.05) is 11.3 Å². The van der Waals surface area contributed by atoms with Gasteiger partial charge in [-0.05, 0) is 52.6 Å². The lowest BCUT2D eigenvalue weighted by atomic mass is 9.85. The minimum absolute atomic E-state index is 0.244. The van der Waals surface area contributed by atoms with Crippen LogP contribution in [0.3, 0.4) is 0 Å². The average molecular weight is 293 g/mol. The van der Waals surface area contributed by atoms with Crippen molar-refractivity contribution in [3.63, 3.8) is 0 Å². The van der Waals surface area contributed by atoms with Gasteiger partial charge in [0.15, 0.2) is 0 Å². The van der Waals surface area contributed by atoms with Gasteiger partial charge in [-0.2, -0.15) is 0 Å². The number of rotatable bonds is 4. The van der Waals surface area contributed by atoms with Gasteiger partial charge in [0.2, 0.25) is 0 Å². The van der Waals surface area contributed by atoms with Gasteiger partial charge in [0.25, 0.3) is 0 Å². The summed E-state index contributed by atoms with van der Waals surface area (Å²) < 4.78 is 0. The highest BCUT2D eigenvalue weighted by Gasteiger charge is 2.45. The molecule has 0 amide bonds. The molecule has 3 rings (SSSR count). The summed E-state index contributed by atoms with van der Waals surface area (Å²) in [4.78, 5) is 8.75. The van der Waals surface area contributed by atoms with Crippen molar-refractivity contribution in [2.75, 3.05) is 13.1 Å². The predicted molar refractivity (Wildman–Crippen MR) is 85.3 cm³/mol. The van der Waals surface area contributed by atoms with Crippen LogP contribution in [-0.4, -0.2) is 34.6 Å². The molecule has 2 N–H and O–H groups in total. The lowest BCUT2D eigenvalue weighted by Crippen LogP contribution is -2.58. The minimum Gasteiger partial charge on any atom is -0.326 e. The molecule has 4 heteroatoms. The summed E-state index contributed by atoms with van der Waals surface area (Å²) >= 11 is 1.83. The molecule has 1 saturated heterocycles. The van der Waals surface area contributed by atoms with Gasteiger partial charge in [-0.15, -0.1) is 11.3 Å². The first-order valence-corrected chi connectivity index (χ1v) is 8.87. The number of hydrogen-bond donors (Lipinski definition) is 1. The molecular formula is C16H27N3S. The molecule has 3 nitrogen and oxygen atoms in total. The quantitative estimate of drug-likeness (QED) is 0.928. The molecule has 2 aliphatic rings. The Balaban J connectivity index is 1.77. The second-order valence-corrected chi connectivity index (χ2v) is 7.85. The van der Waals surface area contributed by atoms with Gasteiger partial charge in [-0.25, -0.2) is 4.98 Å². The van der Waals surface area contributed by atoms with Crippen molar-refractivity contribution in [3.8, 4) is 0 Å². The highest BCUT2D eigenvalue weighted by molar-refractivity contribution is 7.11. The van der Waals surface area contributed by atoms with Gasteiger partial charge in [-0.1, -0.05) is 12.8 Å². The van der Waals surface area contributed by atoms with E-state index in [0.717, 1.165) is 6.42 Å². The summed E-state index contributed by atoms with van der Waals surface area (Å²) in [7, 11) is 0. The molecule has 1 unspecified atom stereocenters. The van der Waals surface area contributed by atoms with Crippen molar-refractivity contribution in [2.24, 2.45) is 5.73 Å². The highest BCUT2D eigenvalue weighted by atomic mass is 32.1. The second kappa shape index (κ2) is 5.74. The topological polar surface area (TPSA) is 42.1 Å². The van der Waals surface area contributed by atoms with Crippen molar-refractivity contribution >= 4 is 11.3 Å². The van der Waals surface area contributed by atoms with Crippen molar-refractivity contribution < 1.29 is 0 Å². The number of aromatic nitrogens is 1. The molecule has 0 aromatic carbocycles. The Morgan fingerprint density at radius 1 is 1.20 bits per heavy atom. The maximum absolute atomic E-state index is 6.71. The molecule has 1 saturated carbocycles. The summed E-state index contributed by atoms with van der Waals surface area (Å²) in [6.07, 6.45) is 8.93. The number of thiazole rings is 1. The van der Waals surface area contributed by atoms with Crippen LogP contribution in [-0.2, 0) is 6.42 Å². The third-order valence-electron chi connectivity index (χ3n) is 5.36. The van der Waals surface area contributed by atoms with Gasteiger partial charge in [0.05, 0.1) is 10.7 Å². The highest BCUT2D eigenvalue weighted by Crippen LogP contribution is 2.40. The van der Waals surface area contributed by atoms with Crippen LogP contribution >= 0.6 is 11.3 Å². The van der Waals surface area contributed by atoms with Crippen LogP contribution < -0.4 is 5.73 Å². The smallest absolute Gasteiger partial charge is 0.0947 e. The summed E-state index contributed by atoms with van der Waals surface area (Å²) in [5.74, 6) is 0. The van der Waals surface area contributed by atoms with Crippen LogP contribution in [0.5, 0.6) is 0 Å². The predicted octanol–water partition coefficient (Wildman–Crippen LogP) is 3.04. The Morgan fingerprint density at radius 3 is 2.40 bits per heavy atom. The summed E-state index contributed by atoms with van der Waals surface area (Å²) in [6.45, 7) is 6.77. The van der Waals surface area contributed by atoms with E-state index in [9.17, 15) is 0 Å². The van der Waals surface area contributed by atoms with E-state index < -0.39 is 0 Å². The molecule has 0 spiro atoms. The first-order chi connectivity index (χ1) is 9.62. The van der Waals surface area contributed by atoms with E-state index in [1.54, 1.807) is 0 Å². The Hall–Kier alpha value is -0.450. The van der Waals surface area contributed by atoms with Gasteiger partial charge >= 0.3 is 0 Å². The number of hydrogen-bond acceptors (Lipinski definition) is 4. The molecule has 1 aliphatic heterocycles. The van der Waals surface area contributed by atoms with Gasteiger partial charge in [-0.3, -0.25) is 4.90 Å². The van der Waals surface area contributed by atoms with Crippen molar-refractivity contribution in [1.82, 2.24) is 9.88 Å². The number of nitrogens with two attached hydrogens (primary N) is 1. The summed E-state index contributed by atoms with van der Waals surface area (Å²) in [6, 6.07) is 0.244. The Bertz CT molecular complexity index is 437. The van der Waals surface area contributed by atoms with Crippen molar-refractivity contribution in [1.29, 1.82) is 0 Å². The van der Waals surface area contributed by atoms with E-state index in [-0.39, 0.29) is 11.6 Å². The van der Waals surface area contributed by atoms with E-state index in [0.29, 0.717) is 0 Å². The zero-order valence-electron chi connectivity index (χ0n) is 12.8. The molecule has 20 heavy (non-hydrogen) atoms. The minimum atomic E-state index is 0.244. The Morgan fingerprint density at radius 2 is 1.85 bits per heavy atom. The fourth-order valence-electron chi connectivity index (χ4n) is 4.08. The monoisotopic (exact) mass is 293 g/mol. The summed E-state index contributed by atoms with van der Waals surface area (Å²) in [5.41, 5.74) is 8.16. The lowest BCUT2D eigenvalue weighted by Gasteiger charge is -2.43. The second-order valence-electron chi connectivity index (χ2n) is 6.56. The number of likely N-dealkylation sites (tertiary alicyclic amines) is 1. The maximum Gasteiger partial charge on any atom is 0.0947 e. The zero-order valence-corrected chi connectivity index (χ0v) is 13.6. The standard InChI is InChI=1S/C16H27N3S/c1-12-13(2)20-15(18-12)11-14(17)16(7-3-4-8-16)19-9-5-6-10-19/h14H,3-11,17H2,1-2H3. The van der Waals surface area contributed by atoms with E-state index in [1.165, 1.54) is 67.2 Å². The molecule has 112 valence electrons. The molecular weight excluding hydrogens is 266 g/mol. The molecule has 2 fully saturated rings. The van der Waals surface area contributed by atoms with Crippen LogP contribution in [0.2, 0.25) is 0 Å². The molecule has 1 aromatic heterocycles. The molecule has 1 aromatic rings. The maximum atomic E-state index is 6.71. The Labute approximate surface area is 126 Å². The fourth-order valence-corrected chi connectivity index (χ4v) is 5.07. The molecule has 0 radical (unpaired) electrons. The summed E-state index contributed by atoms with van der Waals surface area (Å²) in [5, 5.41) is 1.23. The number of aryl methyl sites for hydroxylation is 2. The average Bonchev–Trinajstić information content (AvgIpc) is 3.12. The van der Waals surface area contributed by atoms with Crippen molar-refractivity contribution in [3.05, 3.63) is 15.6 Å². The molecule has 0 bridgehead atoms. The first kappa shape index (κ1) is 14.5.